The van der Waals surface area contributed by atoms with E-state index in [0.717, 1.165) is 19.4 Å². The third-order valence-corrected chi connectivity index (χ3v) is 4.04. The van der Waals surface area contributed by atoms with Gasteiger partial charge in [0.2, 0.25) is 5.91 Å². The lowest BCUT2D eigenvalue weighted by atomic mass is 9.87. The Bertz CT molecular complexity index is 275. The number of hydrogen-bond acceptors (Lipinski definition) is 1. The summed E-state index contributed by atoms with van der Waals surface area (Å²) in [4.78, 5) is 14.8. The van der Waals surface area contributed by atoms with Crippen molar-refractivity contribution in [3.63, 3.8) is 0 Å². The van der Waals surface area contributed by atoms with Gasteiger partial charge in [-0.05, 0) is 26.7 Å². The van der Waals surface area contributed by atoms with Gasteiger partial charge in [0.15, 0.2) is 0 Å². The van der Waals surface area contributed by atoms with Crippen LogP contribution in [0.2, 0.25) is 0 Å². The number of hydrogen-bond donors (Lipinski definition) is 0. The lowest BCUT2D eigenvalue weighted by molar-refractivity contribution is -0.145. The number of carbonyl (C=O) groups is 1. The summed E-state index contributed by atoms with van der Waals surface area (Å²) in [6.07, 6.45) is 8.83. The van der Waals surface area contributed by atoms with Crippen LogP contribution in [-0.4, -0.2) is 22.9 Å². The molecule has 0 bridgehead atoms. The Kier molecular flexibility index (Phi) is 5.24. The Balaban J connectivity index is 2.82. The molecule has 0 saturated carbocycles. The molecule has 1 saturated heterocycles. The molecule has 2 nitrogen and oxygen atoms in total. The van der Waals surface area contributed by atoms with Crippen molar-refractivity contribution in [2.45, 2.75) is 85.1 Å². The van der Waals surface area contributed by atoms with Crippen molar-refractivity contribution in [3.8, 4) is 0 Å². The number of rotatable bonds is 0. The number of nitrogens with zero attached hydrogens (tertiary/aromatic N) is 1. The van der Waals surface area contributed by atoms with Gasteiger partial charge in [-0.2, -0.15) is 0 Å². The first-order chi connectivity index (χ1) is 8.25. The standard InChI is InChI=1S/C16H31NO/c1-15(2,3)14(18)17-13-11-9-7-6-8-10-12-16(17,4)5/h6-13H2,1-5H3. The lowest BCUT2D eigenvalue weighted by Crippen LogP contribution is -2.52. The Morgan fingerprint density at radius 2 is 1.44 bits per heavy atom. The van der Waals surface area contributed by atoms with E-state index in [1.807, 2.05) is 20.8 Å². The first-order valence-electron chi connectivity index (χ1n) is 7.57. The summed E-state index contributed by atoms with van der Waals surface area (Å²) in [5, 5.41) is 0. The molecule has 0 N–H and O–H groups in total. The average Bonchev–Trinajstić information content (AvgIpc) is 2.24. The van der Waals surface area contributed by atoms with Gasteiger partial charge in [-0.15, -0.1) is 0 Å². The zero-order valence-corrected chi connectivity index (χ0v) is 13.0. The molecule has 2 heteroatoms. The van der Waals surface area contributed by atoms with E-state index >= 15 is 0 Å². The highest BCUT2D eigenvalue weighted by atomic mass is 16.2. The van der Waals surface area contributed by atoms with E-state index in [0.29, 0.717) is 5.91 Å². The SMILES string of the molecule is CC(C)(C)C(=O)N1CCCCCCCCC1(C)C. The summed E-state index contributed by atoms with van der Waals surface area (Å²) >= 11 is 0. The van der Waals surface area contributed by atoms with Crippen molar-refractivity contribution in [2.24, 2.45) is 5.41 Å². The molecule has 18 heavy (non-hydrogen) atoms. The molecule has 1 aliphatic rings. The highest BCUT2D eigenvalue weighted by Gasteiger charge is 2.35. The number of amides is 1. The second kappa shape index (κ2) is 6.08. The van der Waals surface area contributed by atoms with Gasteiger partial charge in [-0.3, -0.25) is 4.79 Å². The van der Waals surface area contributed by atoms with Gasteiger partial charge in [0.1, 0.15) is 0 Å². The van der Waals surface area contributed by atoms with Crippen LogP contribution in [0.1, 0.15) is 79.6 Å². The first-order valence-corrected chi connectivity index (χ1v) is 7.57. The van der Waals surface area contributed by atoms with Crippen LogP contribution >= 0.6 is 0 Å². The fourth-order valence-electron chi connectivity index (χ4n) is 2.75. The van der Waals surface area contributed by atoms with Gasteiger partial charge in [0, 0.05) is 17.5 Å². The molecule has 1 rings (SSSR count). The summed E-state index contributed by atoms with van der Waals surface area (Å²) in [7, 11) is 0. The molecule has 106 valence electrons. The molecule has 0 spiro atoms. The van der Waals surface area contributed by atoms with Crippen molar-refractivity contribution in [1.29, 1.82) is 0 Å². The summed E-state index contributed by atoms with van der Waals surface area (Å²) in [5.41, 5.74) is -0.247. The maximum atomic E-state index is 12.6. The molecule has 1 amide bonds. The predicted molar refractivity (Wildman–Crippen MR) is 77.6 cm³/mol. The second-order valence-electron chi connectivity index (χ2n) is 7.39. The Morgan fingerprint density at radius 1 is 0.944 bits per heavy atom. The molecule has 0 aromatic carbocycles. The van der Waals surface area contributed by atoms with E-state index < -0.39 is 0 Å². The van der Waals surface area contributed by atoms with Gasteiger partial charge < -0.3 is 4.90 Å². The maximum absolute atomic E-state index is 12.6. The molecular formula is C16H31NO. The minimum atomic E-state index is -0.263. The van der Waals surface area contributed by atoms with Crippen LogP contribution in [0, 0.1) is 5.41 Å². The molecule has 0 aromatic heterocycles. The van der Waals surface area contributed by atoms with Gasteiger partial charge in [-0.1, -0.05) is 52.9 Å². The van der Waals surface area contributed by atoms with E-state index in [1.54, 1.807) is 0 Å². The Hall–Kier alpha value is -0.530. The first kappa shape index (κ1) is 15.5. The molecule has 0 aromatic rings. The molecular weight excluding hydrogens is 222 g/mol. The molecule has 1 aliphatic heterocycles. The fraction of sp³-hybridized carbons (Fsp3) is 0.938. The quantitative estimate of drug-likeness (QED) is 0.627. The van der Waals surface area contributed by atoms with Gasteiger partial charge in [0.25, 0.3) is 0 Å². The van der Waals surface area contributed by atoms with Gasteiger partial charge in [-0.25, -0.2) is 0 Å². The second-order valence-corrected chi connectivity index (χ2v) is 7.39. The molecule has 0 unspecified atom stereocenters. The largest absolute Gasteiger partial charge is 0.337 e. The van der Waals surface area contributed by atoms with E-state index in [9.17, 15) is 4.79 Å². The van der Waals surface area contributed by atoms with E-state index in [2.05, 4.69) is 18.7 Å². The normalized spacial score (nSPS) is 22.6. The summed E-state index contributed by atoms with van der Waals surface area (Å²) in [6, 6.07) is 0. The van der Waals surface area contributed by atoms with Crippen molar-refractivity contribution < 1.29 is 4.79 Å². The molecule has 0 radical (unpaired) electrons. The van der Waals surface area contributed by atoms with Crippen LogP contribution < -0.4 is 0 Å². The van der Waals surface area contributed by atoms with Crippen molar-refractivity contribution in [1.82, 2.24) is 4.90 Å². The van der Waals surface area contributed by atoms with Crippen molar-refractivity contribution >= 4 is 5.91 Å². The molecule has 0 atom stereocenters. The Morgan fingerprint density at radius 3 is 2.00 bits per heavy atom. The van der Waals surface area contributed by atoms with Crippen molar-refractivity contribution in [2.75, 3.05) is 6.54 Å². The van der Waals surface area contributed by atoms with Crippen LogP contribution in [0.15, 0.2) is 0 Å². The minimum absolute atomic E-state index is 0.0156. The smallest absolute Gasteiger partial charge is 0.228 e. The summed E-state index contributed by atoms with van der Waals surface area (Å²) in [5.74, 6) is 0.313. The van der Waals surface area contributed by atoms with Gasteiger partial charge >= 0.3 is 0 Å². The predicted octanol–water partition coefficient (Wildman–Crippen LogP) is 4.38. The topological polar surface area (TPSA) is 20.3 Å². The van der Waals surface area contributed by atoms with E-state index in [-0.39, 0.29) is 11.0 Å². The molecule has 0 aliphatic carbocycles. The zero-order valence-electron chi connectivity index (χ0n) is 13.0. The summed E-state index contributed by atoms with van der Waals surface area (Å²) in [6.45, 7) is 11.5. The van der Waals surface area contributed by atoms with Crippen LogP contribution in [-0.2, 0) is 4.79 Å². The molecule has 1 fully saturated rings. The average molecular weight is 253 g/mol. The minimum Gasteiger partial charge on any atom is -0.337 e. The lowest BCUT2D eigenvalue weighted by Gasteiger charge is -2.42. The van der Waals surface area contributed by atoms with Crippen LogP contribution in [0.4, 0.5) is 0 Å². The molecule has 1 heterocycles. The van der Waals surface area contributed by atoms with Crippen molar-refractivity contribution in [3.05, 3.63) is 0 Å². The van der Waals surface area contributed by atoms with Crippen LogP contribution in [0.3, 0.4) is 0 Å². The van der Waals surface area contributed by atoms with Crippen LogP contribution in [0.5, 0.6) is 0 Å². The van der Waals surface area contributed by atoms with Crippen LogP contribution in [0.25, 0.3) is 0 Å². The zero-order chi connectivity index (χ0) is 13.8. The third-order valence-electron chi connectivity index (χ3n) is 4.04. The van der Waals surface area contributed by atoms with Gasteiger partial charge in [0.05, 0.1) is 0 Å². The third kappa shape index (κ3) is 4.29. The highest BCUT2D eigenvalue weighted by molar-refractivity contribution is 5.82. The highest BCUT2D eigenvalue weighted by Crippen LogP contribution is 2.29. The summed E-state index contributed by atoms with van der Waals surface area (Å²) < 4.78 is 0. The maximum Gasteiger partial charge on any atom is 0.228 e. The van der Waals surface area contributed by atoms with E-state index in [1.165, 1.54) is 32.1 Å². The Labute approximate surface area is 113 Å². The monoisotopic (exact) mass is 253 g/mol. The number of carbonyl (C=O) groups excluding carboxylic acids is 1. The van der Waals surface area contributed by atoms with E-state index in [4.69, 9.17) is 0 Å². The fourth-order valence-corrected chi connectivity index (χ4v) is 2.75.